The number of rotatable bonds is 14. The maximum Gasteiger partial charge on any atom is 0.264 e. The Kier molecular flexibility index (Phi) is 11.3. The van der Waals surface area contributed by atoms with E-state index in [1.165, 1.54) is 29.2 Å². The van der Waals surface area contributed by atoms with Crippen LogP contribution >= 0.6 is 0 Å². The fourth-order valence-corrected chi connectivity index (χ4v) is 7.27. The van der Waals surface area contributed by atoms with Gasteiger partial charge in [-0.25, -0.2) is 12.8 Å². The molecule has 0 spiro atoms. The highest BCUT2D eigenvalue weighted by molar-refractivity contribution is 7.92. The van der Waals surface area contributed by atoms with E-state index in [0.717, 1.165) is 35.6 Å². The maximum atomic E-state index is 14.6. The Morgan fingerprint density at radius 1 is 0.851 bits per heavy atom. The summed E-state index contributed by atoms with van der Waals surface area (Å²) >= 11 is 0. The second kappa shape index (κ2) is 15.7. The van der Waals surface area contributed by atoms with Crippen molar-refractivity contribution < 1.29 is 27.1 Å². The number of ether oxygens (including phenoxy) is 1. The number of benzene rings is 4. The van der Waals surface area contributed by atoms with Gasteiger partial charge in [-0.2, -0.15) is 0 Å². The van der Waals surface area contributed by atoms with Crippen LogP contribution in [0.25, 0.3) is 0 Å². The zero-order valence-electron chi connectivity index (χ0n) is 26.4. The number of hydrogen-bond acceptors (Lipinski definition) is 5. The minimum Gasteiger partial charge on any atom is -0.494 e. The fourth-order valence-electron chi connectivity index (χ4n) is 5.83. The van der Waals surface area contributed by atoms with Crippen LogP contribution in [0.3, 0.4) is 0 Å². The summed E-state index contributed by atoms with van der Waals surface area (Å²) in [4.78, 5) is 30.1. The van der Waals surface area contributed by atoms with E-state index >= 15 is 0 Å². The number of sulfonamides is 1. The number of anilines is 1. The highest BCUT2D eigenvalue weighted by atomic mass is 32.2. The molecule has 1 fully saturated rings. The molecule has 0 unspecified atom stereocenters. The quantitative estimate of drug-likeness (QED) is 0.176. The van der Waals surface area contributed by atoms with Gasteiger partial charge in [-0.05, 0) is 79.4 Å². The predicted octanol–water partition coefficient (Wildman–Crippen LogP) is 6.12. The first-order valence-corrected chi connectivity index (χ1v) is 17.4. The summed E-state index contributed by atoms with van der Waals surface area (Å²) in [5.41, 5.74) is 1.71. The van der Waals surface area contributed by atoms with Crippen LogP contribution in [0.4, 0.5) is 10.1 Å². The number of nitrogens with one attached hydrogen (secondary N) is 1. The first kappa shape index (κ1) is 33.7. The van der Waals surface area contributed by atoms with E-state index in [-0.39, 0.29) is 35.5 Å². The van der Waals surface area contributed by atoms with Crippen molar-refractivity contribution in [3.63, 3.8) is 0 Å². The van der Waals surface area contributed by atoms with Gasteiger partial charge in [0.2, 0.25) is 11.8 Å². The third kappa shape index (κ3) is 8.77. The standard InChI is InChI=1S/C37H40FN3O5S/c1-2-46-33-23-21-32(22-24-33)41(47(44,45)34-15-7-4-8-16-34)27-36(42)40(26-29-17-19-30(38)20-18-29)35(25-28-11-5-3-6-12-28)37(43)39-31-13-9-10-14-31/h3-8,11-12,15-24,31,35H,2,9-10,13-14,25-27H2,1H3,(H,39,43)/t35-/m1/s1. The molecule has 4 aromatic carbocycles. The number of nitrogens with zero attached hydrogens (tertiary/aromatic N) is 2. The average molecular weight is 658 g/mol. The Bertz CT molecular complexity index is 1710. The van der Waals surface area contributed by atoms with Crippen LogP contribution in [0.1, 0.15) is 43.7 Å². The Morgan fingerprint density at radius 3 is 2.09 bits per heavy atom. The summed E-state index contributed by atoms with van der Waals surface area (Å²) in [6.45, 7) is 1.68. The second-order valence-corrected chi connectivity index (χ2v) is 13.5. The molecule has 0 aromatic heterocycles. The average Bonchev–Trinajstić information content (AvgIpc) is 3.60. The van der Waals surface area contributed by atoms with E-state index in [1.54, 1.807) is 54.6 Å². The molecule has 0 saturated heterocycles. The molecule has 1 N–H and O–H groups in total. The highest BCUT2D eigenvalue weighted by Gasteiger charge is 2.35. The van der Waals surface area contributed by atoms with Gasteiger partial charge in [0.05, 0.1) is 17.2 Å². The molecular formula is C37H40FN3O5S. The van der Waals surface area contributed by atoms with Crippen LogP contribution in [0.2, 0.25) is 0 Å². The lowest BCUT2D eigenvalue weighted by Crippen LogP contribution is -2.54. The minimum atomic E-state index is -4.21. The van der Waals surface area contributed by atoms with E-state index in [9.17, 15) is 22.4 Å². The molecule has 1 saturated carbocycles. The zero-order valence-corrected chi connectivity index (χ0v) is 27.2. The SMILES string of the molecule is CCOc1ccc(N(CC(=O)N(Cc2ccc(F)cc2)[C@H](Cc2ccccc2)C(=O)NC2CCCC2)S(=O)(=O)c2ccccc2)cc1. The first-order chi connectivity index (χ1) is 22.7. The van der Waals surface area contributed by atoms with Gasteiger partial charge < -0.3 is 15.0 Å². The van der Waals surface area contributed by atoms with E-state index < -0.39 is 34.3 Å². The van der Waals surface area contributed by atoms with Crippen LogP contribution < -0.4 is 14.4 Å². The van der Waals surface area contributed by atoms with Gasteiger partial charge in [-0.3, -0.25) is 13.9 Å². The molecule has 10 heteroatoms. The third-order valence-corrected chi connectivity index (χ3v) is 10.1. The molecule has 0 aliphatic heterocycles. The van der Waals surface area contributed by atoms with Gasteiger partial charge in [0, 0.05) is 19.0 Å². The third-order valence-electron chi connectivity index (χ3n) is 8.28. The van der Waals surface area contributed by atoms with Crippen molar-refractivity contribution in [3.05, 3.63) is 126 Å². The van der Waals surface area contributed by atoms with Crippen LogP contribution in [0, 0.1) is 5.82 Å². The minimum absolute atomic E-state index is 0.00218. The molecule has 1 atom stereocenters. The molecule has 1 aliphatic rings. The predicted molar refractivity (Wildman–Crippen MR) is 180 cm³/mol. The van der Waals surface area contributed by atoms with Gasteiger partial charge in [0.15, 0.2) is 0 Å². The second-order valence-electron chi connectivity index (χ2n) is 11.6. The lowest BCUT2D eigenvalue weighted by molar-refractivity contribution is -0.140. The summed E-state index contributed by atoms with van der Waals surface area (Å²) in [5.74, 6) is -0.758. The van der Waals surface area contributed by atoms with E-state index in [4.69, 9.17) is 4.74 Å². The molecule has 5 rings (SSSR count). The van der Waals surface area contributed by atoms with Crippen molar-refractivity contribution in [1.82, 2.24) is 10.2 Å². The monoisotopic (exact) mass is 657 g/mol. The first-order valence-electron chi connectivity index (χ1n) is 15.9. The number of hydrogen-bond donors (Lipinski definition) is 1. The molecule has 8 nitrogen and oxygen atoms in total. The lowest BCUT2D eigenvalue weighted by atomic mass is 10.0. The molecule has 0 heterocycles. The van der Waals surface area contributed by atoms with Crippen molar-refractivity contribution >= 4 is 27.5 Å². The maximum absolute atomic E-state index is 14.6. The highest BCUT2D eigenvalue weighted by Crippen LogP contribution is 2.27. The molecule has 0 bridgehead atoms. The van der Waals surface area contributed by atoms with Crippen molar-refractivity contribution in [3.8, 4) is 5.75 Å². The van der Waals surface area contributed by atoms with Gasteiger partial charge in [0.1, 0.15) is 24.2 Å². The Labute approximate surface area is 276 Å². The summed E-state index contributed by atoms with van der Waals surface area (Å²) in [5, 5.41) is 3.15. The molecule has 246 valence electrons. The van der Waals surface area contributed by atoms with Crippen molar-refractivity contribution in [1.29, 1.82) is 0 Å². The Balaban J connectivity index is 1.55. The zero-order chi connectivity index (χ0) is 33.2. The molecule has 0 radical (unpaired) electrons. The lowest BCUT2D eigenvalue weighted by Gasteiger charge is -2.34. The molecule has 2 amide bonds. The fraction of sp³-hybridized carbons (Fsp3) is 0.297. The smallest absolute Gasteiger partial charge is 0.264 e. The molecule has 1 aliphatic carbocycles. The molecule has 47 heavy (non-hydrogen) atoms. The summed E-state index contributed by atoms with van der Waals surface area (Å²) < 4.78 is 48.8. The molecule has 4 aromatic rings. The van der Waals surface area contributed by atoms with Gasteiger partial charge in [-0.1, -0.05) is 73.5 Å². The van der Waals surface area contributed by atoms with Gasteiger partial charge in [-0.15, -0.1) is 0 Å². The number of halogens is 1. The van der Waals surface area contributed by atoms with Crippen molar-refractivity contribution in [2.45, 2.75) is 62.6 Å². The van der Waals surface area contributed by atoms with E-state index in [1.807, 2.05) is 37.3 Å². The molecular weight excluding hydrogens is 617 g/mol. The number of carbonyl (C=O) groups is 2. The number of amides is 2. The summed E-state index contributed by atoms with van der Waals surface area (Å²) in [6, 6.07) is 28.6. The van der Waals surface area contributed by atoms with E-state index in [0.29, 0.717) is 17.9 Å². The van der Waals surface area contributed by atoms with E-state index in [2.05, 4.69) is 5.32 Å². The Hall–Kier alpha value is -4.70. The van der Waals surface area contributed by atoms with Gasteiger partial charge in [0.25, 0.3) is 10.0 Å². The van der Waals surface area contributed by atoms with Crippen molar-refractivity contribution in [2.75, 3.05) is 17.5 Å². The normalized spacial score (nSPS) is 13.9. The van der Waals surface area contributed by atoms with Crippen LogP contribution in [0.5, 0.6) is 5.75 Å². The van der Waals surface area contributed by atoms with Crippen LogP contribution in [-0.4, -0.2) is 50.4 Å². The summed E-state index contributed by atoms with van der Waals surface area (Å²) in [6.07, 6.45) is 3.95. The topological polar surface area (TPSA) is 96.0 Å². The van der Waals surface area contributed by atoms with Crippen LogP contribution in [-0.2, 0) is 32.6 Å². The van der Waals surface area contributed by atoms with Crippen LogP contribution in [0.15, 0.2) is 114 Å². The van der Waals surface area contributed by atoms with Gasteiger partial charge >= 0.3 is 0 Å². The number of carbonyl (C=O) groups excluding carboxylic acids is 2. The summed E-state index contributed by atoms with van der Waals surface area (Å²) in [7, 11) is -4.21. The largest absolute Gasteiger partial charge is 0.494 e. The van der Waals surface area contributed by atoms with Crippen molar-refractivity contribution in [2.24, 2.45) is 0 Å². The Morgan fingerprint density at radius 2 is 1.47 bits per heavy atom.